The van der Waals surface area contributed by atoms with E-state index in [-0.39, 0.29) is 16.9 Å². The van der Waals surface area contributed by atoms with Crippen molar-refractivity contribution in [2.24, 2.45) is 0 Å². The molecule has 0 saturated carbocycles. The van der Waals surface area contributed by atoms with Crippen molar-refractivity contribution < 1.29 is 42.2 Å². The van der Waals surface area contributed by atoms with Crippen LogP contribution in [0.1, 0.15) is 15.9 Å². The summed E-state index contributed by atoms with van der Waals surface area (Å²) >= 11 is 0. The summed E-state index contributed by atoms with van der Waals surface area (Å²) in [5.41, 5.74) is -0.717. The molecule has 2 aromatic rings. The lowest BCUT2D eigenvalue weighted by atomic mass is 10.2. The van der Waals surface area contributed by atoms with Crippen molar-refractivity contribution in [3.63, 3.8) is 0 Å². The van der Waals surface area contributed by atoms with E-state index in [0.29, 0.717) is 6.08 Å². The molecule has 0 fully saturated rings. The third kappa shape index (κ3) is 7.65. The standard InChI is InChI=1S/C20H15F3N2O6/c21-20(22,23)13-2-1-3-15(10-13)25-17(27)11-31-19(30)12-4-6-14(7-5-12)24-16(26)8-9-18(28)29/h1-10H,11H2,(H,24,26)(H,25,27)(H,28,29)/b9-8+. The van der Waals surface area contributed by atoms with Gasteiger partial charge in [-0.15, -0.1) is 0 Å². The number of aliphatic carboxylic acids is 1. The van der Waals surface area contributed by atoms with Crippen LogP contribution in [0.2, 0.25) is 0 Å². The van der Waals surface area contributed by atoms with Crippen molar-refractivity contribution in [3.05, 3.63) is 71.8 Å². The minimum Gasteiger partial charge on any atom is -0.478 e. The minimum absolute atomic E-state index is 0.0472. The van der Waals surface area contributed by atoms with Crippen molar-refractivity contribution in [1.29, 1.82) is 0 Å². The minimum atomic E-state index is -4.56. The van der Waals surface area contributed by atoms with E-state index in [1.165, 1.54) is 30.3 Å². The summed E-state index contributed by atoms with van der Waals surface area (Å²) in [5, 5.41) is 13.0. The monoisotopic (exact) mass is 436 g/mol. The fraction of sp³-hybridized carbons (Fsp3) is 0.100. The summed E-state index contributed by atoms with van der Waals surface area (Å²) in [4.78, 5) is 45.6. The fourth-order valence-corrected chi connectivity index (χ4v) is 2.21. The Morgan fingerprint density at radius 2 is 1.61 bits per heavy atom. The van der Waals surface area contributed by atoms with Gasteiger partial charge in [-0.3, -0.25) is 9.59 Å². The third-order valence-corrected chi connectivity index (χ3v) is 3.57. The largest absolute Gasteiger partial charge is 0.478 e. The van der Waals surface area contributed by atoms with Crippen LogP contribution >= 0.6 is 0 Å². The molecule has 8 nitrogen and oxygen atoms in total. The molecule has 0 aliphatic carbocycles. The molecule has 0 saturated heterocycles. The molecular weight excluding hydrogens is 421 g/mol. The second kappa shape index (κ2) is 10.1. The smallest absolute Gasteiger partial charge is 0.416 e. The molecule has 2 rings (SSSR count). The third-order valence-electron chi connectivity index (χ3n) is 3.57. The van der Waals surface area contributed by atoms with Crippen LogP contribution in [0.15, 0.2) is 60.7 Å². The zero-order valence-corrected chi connectivity index (χ0v) is 15.6. The van der Waals surface area contributed by atoms with Crippen molar-refractivity contribution in [1.82, 2.24) is 0 Å². The summed E-state index contributed by atoms with van der Waals surface area (Å²) in [6.45, 7) is -0.729. The molecular formula is C20H15F3N2O6. The van der Waals surface area contributed by atoms with Gasteiger partial charge < -0.3 is 20.5 Å². The quantitative estimate of drug-likeness (QED) is 0.453. The van der Waals surface area contributed by atoms with Crippen LogP contribution in [0.5, 0.6) is 0 Å². The van der Waals surface area contributed by atoms with Crippen LogP contribution in [-0.4, -0.2) is 35.5 Å². The maximum absolute atomic E-state index is 12.7. The first-order chi connectivity index (χ1) is 14.5. The molecule has 11 heteroatoms. The Kier molecular flexibility index (Phi) is 7.50. The van der Waals surface area contributed by atoms with Gasteiger partial charge in [-0.25, -0.2) is 9.59 Å². The summed E-state index contributed by atoms with van der Waals surface area (Å²) < 4.78 is 42.9. The van der Waals surface area contributed by atoms with Gasteiger partial charge >= 0.3 is 18.1 Å². The predicted molar refractivity (Wildman–Crippen MR) is 102 cm³/mol. The van der Waals surface area contributed by atoms with Gasteiger partial charge in [0.2, 0.25) is 5.91 Å². The molecule has 0 bridgehead atoms. The Hall–Kier alpha value is -4.15. The maximum Gasteiger partial charge on any atom is 0.416 e. The van der Waals surface area contributed by atoms with Gasteiger partial charge in [0.15, 0.2) is 6.61 Å². The topological polar surface area (TPSA) is 122 Å². The number of nitrogens with one attached hydrogen (secondary N) is 2. The van der Waals surface area contributed by atoms with Gasteiger partial charge in [0.05, 0.1) is 11.1 Å². The normalized spacial score (nSPS) is 11.1. The van der Waals surface area contributed by atoms with Crippen molar-refractivity contribution in [2.75, 3.05) is 17.2 Å². The molecule has 0 unspecified atom stereocenters. The van der Waals surface area contributed by atoms with Gasteiger partial charge in [0.25, 0.3) is 5.91 Å². The maximum atomic E-state index is 12.7. The number of ether oxygens (including phenoxy) is 1. The lowest BCUT2D eigenvalue weighted by Crippen LogP contribution is -2.21. The number of carbonyl (C=O) groups excluding carboxylic acids is 3. The number of alkyl halides is 3. The van der Waals surface area contributed by atoms with Crippen LogP contribution in [0, 0.1) is 0 Å². The lowest BCUT2D eigenvalue weighted by molar-refractivity contribution is -0.137. The molecule has 0 spiro atoms. The highest BCUT2D eigenvalue weighted by molar-refractivity contribution is 6.02. The number of carboxylic acids is 1. The SMILES string of the molecule is O=C(O)/C=C/C(=O)Nc1ccc(C(=O)OCC(=O)Nc2cccc(C(F)(F)F)c2)cc1. The first kappa shape index (κ1) is 23.1. The summed E-state index contributed by atoms with van der Waals surface area (Å²) in [5.74, 6) is -3.68. The van der Waals surface area contributed by atoms with E-state index in [1.54, 1.807) is 0 Å². The highest BCUT2D eigenvalue weighted by atomic mass is 19.4. The van der Waals surface area contributed by atoms with Crippen molar-refractivity contribution in [2.45, 2.75) is 6.18 Å². The average molecular weight is 436 g/mol. The van der Waals surface area contributed by atoms with Gasteiger partial charge in [0.1, 0.15) is 0 Å². The van der Waals surface area contributed by atoms with Crippen LogP contribution in [0.4, 0.5) is 24.5 Å². The second-order valence-corrected chi connectivity index (χ2v) is 5.94. The lowest BCUT2D eigenvalue weighted by Gasteiger charge is -2.10. The van der Waals surface area contributed by atoms with Gasteiger partial charge in [0, 0.05) is 23.5 Å². The number of rotatable bonds is 7. The fourth-order valence-electron chi connectivity index (χ4n) is 2.21. The molecule has 3 N–H and O–H groups in total. The Morgan fingerprint density at radius 1 is 0.935 bits per heavy atom. The Labute approximate surface area is 173 Å². The van der Waals surface area contributed by atoms with Crippen molar-refractivity contribution >= 4 is 35.1 Å². The van der Waals surface area contributed by atoms with Crippen LogP contribution in [0.3, 0.4) is 0 Å². The average Bonchev–Trinajstić information content (AvgIpc) is 2.70. The zero-order chi connectivity index (χ0) is 23.0. The van der Waals surface area contributed by atoms with Gasteiger partial charge in [-0.2, -0.15) is 13.2 Å². The van der Waals surface area contributed by atoms with Gasteiger partial charge in [-0.1, -0.05) is 6.07 Å². The van der Waals surface area contributed by atoms with Gasteiger partial charge in [-0.05, 0) is 42.5 Å². The number of benzene rings is 2. The number of carboxylic acid groups (broad SMARTS) is 1. The predicted octanol–water partition coefficient (Wildman–Crippen LogP) is 3.08. The van der Waals surface area contributed by atoms with E-state index in [4.69, 9.17) is 9.84 Å². The molecule has 0 radical (unpaired) electrons. The molecule has 0 aliphatic rings. The first-order valence-corrected chi connectivity index (χ1v) is 8.51. The molecule has 0 heterocycles. The summed E-state index contributed by atoms with van der Waals surface area (Å²) in [6, 6.07) is 9.28. The summed E-state index contributed by atoms with van der Waals surface area (Å²) in [7, 11) is 0. The number of amides is 2. The van der Waals surface area contributed by atoms with Crippen molar-refractivity contribution in [3.8, 4) is 0 Å². The molecule has 0 aromatic heterocycles. The molecule has 2 amide bonds. The number of hydrogen-bond acceptors (Lipinski definition) is 5. The van der Waals surface area contributed by atoms with Crippen LogP contribution in [0.25, 0.3) is 0 Å². The van der Waals surface area contributed by atoms with E-state index < -0.39 is 42.1 Å². The number of halogens is 3. The van der Waals surface area contributed by atoms with Crippen LogP contribution in [-0.2, 0) is 25.3 Å². The number of hydrogen-bond donors (Lipinski definition) is 3. The van der Waals surface area contributed by atoms with E-state index >= 15 is 0 Å². The highest BCUT2D eigenvalue weighted by Gasteiger charge is 2.30. The molecule has 2 aromatic carbocycles. The highest BCUT2D eigenvalue weighted by Crippen LogP contribution is 2.30. The van der Waals surface area contributed by atoms with E-state index in [1.807, 2.05) is 0 Å². The Morgan fingerprint density at radius 3 is 2.23 bits per heavy atom. The van der Waals surface area contributed by atoms with E-state index in [0.717, 1.165) is 24.3 Å². The Balaban J connectivity index is 1.87. The number of esters is 1. The number of anilines is 2. The van der Waals surface area contributed by atoms with Crippen LogP contribution < -0.4 is 10.6 Å². The molecule has 162 valence electrons. The van der Waals surface area contributed by atoms with E-state index in [2.05, 4.69) is 10.6 Å². The van der Waals surface area contributed by atoms with E-state index in [9.17, 15) is 32.3 Å². The molecule has 0 aliphatic heterocycles. The zero-order valence-electron chi connectivity index (χ0n) is 15.6. The first-order valence-electron chi connectivity index (χ1n) is 8.51. The summed E-state index contributed by atoms with van der Waals surface area (Å²) in [6.07, 6.45) is -3.09. The second-order valence-electron chi connectivity index (χ2n) is 5.94. The Bertz CT molecular complexity index is 1020. The number of carbonyl (C=O) groups is 4. The molecule has 0 atom stereocenters. The molecule has 31 heavy (non-hydrogen) atoms.